The molecule has 182 valence electrons. The minimum absolute atomic E-state index is 0.0391. The number of sulfone groups is 1. The fourth-order valence-corrected chi connectivity index (χ4v) is 7.34. The molecule has 1 saturated heterocycles. The molecular weight excluding hydrogens is 524 g/mol. The van der Waals surface area contributed by atoms with Crippen LogP contribution in [-0.4, -0.2) is 56.6 Å². The SMILES string of the molecule is CS(=O)(=O)c1ccc(Cc2nnc(NC(=O)C3CCCN(S(=O)(=O)c4ccc(Cl)s4)C3)o2)cc1. The second-order valence-corrected chi connectivity index (χ2v) is 13.7. The molecule has 0 radical (unpaired) electrons. The second-order valence-electron chi connectivity index (χ2n) is 7.84. The van der Waals surface area contributed by atoms with E-state index in [2.05, 4.69) is 15.5 Å². The van der Waals surface area contributed by atoms with Crippen LogP contribution in [0.4, 0.5) is 6.01 Å². The Labute approximate surface area is 205 Å². The Morgan fingerprint density at radius 1 is 1.18 bits per heavy atom. The lowest BCUT2D eigenvalue weighted by molar-refractivity contribution is -0.121. The molecule has 1 N–H and O–H groups in total. The summed E-state index contributed by atoms with van der Waals surface area (Å²) >= 11 is 6.85. The van der Waals surface area contributed by atoms with Crippen LogP contribution in [0.2, 0.25) is 4.34 Å². The zero-order valence-corrected chi connectivity index (χ0v) is 21.2. The number of hydrogen-bond donors (Lipinski definition) is 1. The van der Waals surface area contributed by atoms with Crippen molar-refractivity contribution in [1.29, 1.82) is 0 Å². The number of nitrogens with one attached hydrogen (secondary N) is 1. The Hall–Kier alpha value is -2.32. The molecule has 14 heteroatoms. The summed E-state index contributed by atoms with van der Waals surface area (Å²) in [5.41, 5.74) is 0.760. The van der Waals surface area contributed by atoms with Crippen LogP contribution in [0.25, 0.3) is 0 Å². The maximum atomic E-state index is 12.9. The van der Waals surface area contributed by atoms with E-state index >= 15 is 0 Å². The van der Waals surface area contributed by atoms with Gasteiger partial charge in [-0.15, -0.1) is 16.4 Å². The van der Waals surface area contributed by atoms with Gasteiger partial charge < -0.3 is 4.42 Å². The molecule has 3 heterocycles. The van der Waals surface area contributed by atoms with Gasteiger partial charge in [0, 0.05) is 19.3 Å². The molecule has 4 rings (SSSR count). The molecule has 1 atom stereocenters. The van der Waals surface area contributed by atoms with E-state index in [0.29, 0.717) is 23.7 Å². The van der Waals surface area contributed by atoms with Gasteiger partial charge in [-0.05, 0) is 42.7 Å². The van der Waals surface area contributed by atoms with Crippen LogP contribution in [0.5, 0.6) is 0 Å². The van der Waals surface area contributed by atoms with E-state index in [1.807, 2.05) is 0 Å². The number of thiophene rings is 1. The summed E-state index contributed by atoms with van der Waals surface area (Å²) in [4.78, 5) is 13.0. The van der Waals surface area contributed by atoms with E-state index in [1.54, 1.807) is 12.1 Å². The van der Waals surface area contributed by atoms with Gasteiger partial charge in [-0.3, -0.25) is 10.1 Å². The standard InChI is InChI=1S/C20H21ClN4O6S3/c1-33(27,28)15-6-4-13(5-7-15)11-17-23-24-20(31-17)22-19(26)14-3-2-10-25(12-14)34(29,30)18-9-8-16(21)32-18/h4-9,14H,2-3,10-12H2,1H3,(H,22,24,26). The summed E-state index contributed by atoms with van der Waals surface area (Å²) in [5, 5.41) is 10.3. The average Bonchev–Trinajstić information content (AvgIpc) is 3.42. The summed E-state index contributed by atoms with van der Waals surface area (Å²) < 4.78 is 56.1. The van der Waals surface area contributed by atoms with Crippen LogP contribution in [0.1, 0.15) is 24.3 Å². The Morgan fingerprint density at radius 2 is 1.91 bits per heavy atom. The van der Waals surface area contributed by atoms with Crippen LogP contribution in [0.15, 0.2) is 49.9 Å². The normalized spacial score (nSPS) is 17.5. The van der Waals surface area contributed by atoms with Crippen molar-refractivity contribution in [1.82, 2.24) is 14.5 Å². The predicted octanol–water partition coefficient (Wildman–Crippen LogP) is 2.82. The summed E-state index contributed by atoms with van der Waals surface area (Å²) in [5.74, 6) is -0.737. The number of carbonyl (C=O) groups excluding carboxylic acids is 1. The number of rotatable bonds is 7. The Morgan fingerprint density at radius 3 is 2.56 bits per heavy atom. The van der Waals surface area contributed by atoms with Crippen molar-refractivity contribution in [3.63, 3.8) is 0 Å². The summed E-state index contributed by atoms with van der Waals surface area (Å²) in [7, 11) is -7.01. The minimum atomic E-state index is -3.73. The molecule has 0 saturated carbocycles. The van der Waals surface area contributed by atoms with Crippen LogP contribution in [0, 0.1) is 5.92 Å². The maximum absolute atomic E-state index is 12.9. The summed E-state index contributed by atoms with van der Waals surface area (Å²) in [6.45, 7) is 0.363. The van der Waals surface area contributed by atoms with Crippen LogP contribution >= 0.6 is 22.9 Å². The molecule has 1 unspecified atom stereocenters. The third-order valence-electron chi connectivity index (χ3n) is 5.30. The lowest BCUT2D eigenvalue weighted by atomic mass is 9.99. The Balaban J connectivity index is 1.37. The number of anilines is 1. The third kappa shape index (κ3) is 5.66. The van der Waals surface area contributed by atoms with Crippen molar-refractivity contribution in [3.05, 3.63) is 52.2 Å². The number of benzene rings is 1. The number of aromatic nitrogens is 2. The Bertz CT molecular complexity index is 1400. The highest BCUT2D eigenvalue weighted by atomic mass is 35.5. The largest absolute Gasteiger partial charge is 0.407 e. The number of carbonyl (C=O) groups is 1. The van der Waals surface area contributed by atoms with E-state index in [9.17, 15) is 21.6 Å². The first-order valence-electron chi connectivity index (χ1n) is 10.2. The van der Waals surface area contributed by atoms with Crippen LogP contribution in [0.3, 0.4) is 0 Å². The summed E-state index contributed by atoms with van der Waals surface area (Å²) in [6, 6.07) is 9.19. The van der Waals surface area contributed by atoms with Gasteiger partial charge in [-0.2, -0.15) is 4.31 Å². The molecule has 0 spiro atoms. The van der Waals surface area contributed by atoms with Crippen LogP contribution in [-0.2, 0) is 31.1 Å². The molecule has 10 nitrogen and oxygen atoms in total. The highest BCUT2D eigenvalue weighted by Gasteiger charge is 2.34. The predicted molar refractivity (Wildman–Crippen MR) is 126 cm³/mol. The van der Waals surface area contributed by atoms with Crippen molar-refractivity contribution >= 4 is 54.7 Å². The number of nitrogens with zero attached hydrogens (tertiary/aromatic N) is 3. The minimum Gasteiger partial charge on any atom is -0.407 e. The van der Waals surface area contributed by atoms with Crippen molar-refractivity contribution in [2.45, 2.75) is 28.4 Å². The van der Waals surface area contributed by atoms with E-state index in [1.165, 1.54) is 28.6 Å². The quantitative estimate of drug-likeness (QED) is 0.479. The van der Waals surface area contributed by atoms with Gasteiger partial charge in [0.2, 0.25) is 11.8 Å². The lowest BCUT2D eigenvalue weighted by Gasteiger charge is -2.30. The van der Waals surface area contributed by atoms with Crippen molar-refractivity contribution in [3.8, 4) is 0 Å². The second kappa shape index (κ2) is 9.74. The number of hydrogen-bond acceptors (Lipinski definition) is 9. The summed E-state index contributed by atoms with van der Waals surface area (Å²) in [6.07, 6.45) is 2.45. The van der Waals surface area contributed by atoms with Crippen LogP contribution < -0.4 is 5.32 Å². The molecule has 1 aliphatic heterocycles. The third-order valence-corrected chi connectivity index (χ3v) is 9.99. The topological polar surface area (TPSA) is 140 Å². The highest BCUT2D eigenvalue weighted by molar-refractivity contribution is 7.91. The van der Waals surface area contributed by atoms with Gasteiger partial charge in [-0.25, -0.2) is 16.8 Å². The Kier molecular flexibility index (Phi) is 7.10. The van der Waals surface area contributed by atoms with E-state index in [4.69, 9.17) is 16.0 Å². The van der Waals surface area contributed by atoms with Crippen molar-refractivity contribution < 1.29 is 26.0 Å². The fourth-order valence-electron chi connectivity index (χ4n) is 3.55. The van der Waals surface area contributed by atoms with E-state index in [-0.39, 0.29) is 34.0 Å². The molecule has 1 aliphatic rings. The molecular formula is C20H21ClN4O6S3. The number of amides is 1. The molecule has 0 bridgehead atoms. The van der Waals surface area contributed by atoms with Gasteiger partial charge in [0.15, 0.2) is 9.84 Å². The molecule has 2 aromatic heterocycles. The number of sulfonamides is 1. The molecule has 1 amide bonds. The van der Waals surface area contributed by atoms with Gasteiger partial charge in [0.25, 0.3) is 10.0 Å². The molecule has 1 fully saturated rings. The monoisotopic (exact) mass is 544 g/mol. The first-order valence-corrected chi connectivity index (χ1v) is 14.7. The molecule has 34 heavy (non-hydrogen) atoms. The number of piperidine rings is 1. The van der Waals surface area contributed by atoms with Crippen molar-refractivity contribution in [2.75, 3.05) is 24.7 Å². The highest BCUT2D eigenvalue weighted by Crippen LogP contribution is 2.31. The first-order chi connectivity index (χ1) is 16.0. The first kappa shape index (κ1) is 24.8. The van der Waals surface area contributed by atoms with Crippen molar-refractivity contribution in [2.24, 2.45) is 5.92 Å². The van der Waals surface area contributed by atoms with Gasteiger partial charge in [0.05, 0.1) is 21.6 Å². The molecule has 1 aromatic carbocycles. The van der Waals surface area contributed by atoms with Gasteiger partial charge >= 0.3 is 6.01 Å². The zero-order chi connectivity index (χ0) is 24.5. The number of halogens is 1. The average molecular weight is 545 g/mol. The van der Waals surface area contributed by atoms with Gasteiger partial charge in [0.1, 0.15) is 4.21 Å². The maximum Gasteiger partial charge on any atom is 0.322 e. The smallest absolute Gasteiger partial charge is 0.322 e. The van der Waals surface area contributed by atoms with Gasteiger partial charge in [-0.1, -0.05) is 28.8 Å². The van der Waals surface area contributed by atoms with E-state index in [0.717, 1.165) is 23.2 Å². The van der Waals surface area contributed by atoms with E-state index < -0.39 is 31.7 Å². The fraction of sp³-hybridized carbons (Fsp3) is 0.350. The molecule has 0 aliphatic carbocycles. The zero-order valence-electron chi connectivity index (χ0n) is 18.0. The lowest BCUT2D eigenvalue weighted by Crippen LogP contribution is -2.43. The molecule has 3 aromatic rings.